The lowest BCUT2D eigenvalue weighted by atomic mass is 9.99. The lowest BCUT2D eigenvalue weighted by Crippen LogP contribution is -2.10. The number of fused-ring (bicyclic) bond motifs is 1. The van der Waals surface area contributed by atoms with Gasteiger partial charge in [-0.05, 0) is 17.5 Å². The van der Waals surface area contributed by atoms with Crippen LogP contribution in [-0.2, 0) is 0 Å². The third-order valence-corrected chi connectivity index (χ3v) is 2.58. The molecule has 1 N–H and O–H groups in total. The lowest BCUT2D eigenvalue weighted by Gasteiger charge is -2.04. The van der Waals surface area contributed by atoms with Gasteiger partial charge in [-0.15, -0.1) is 0 Å². The summed E-state index contributed by atoms with van der Waals surface area (Å²) in [5.74, 6) is 0.00500. The van der Waals surface area contributed by atoms with E-state index in [0.717, 1.165) is 5.39 Å². The molecular weight excluding hydrogens is 202 g/mol. The Balaban J connectivity index is 2.64. The van der Waals surface area contributed by atoms with E-state index in [1.54, 1.807) is 24.4 Å². The Labute approximate surface area is 93.1 Å². The predicted octanol–water partition coefficient (Wildman–Crippen LogP) is 2.37. The standard InChI is InChI=1S/C13H13NO2/c1-8(2)12(15)10-4-3-9-5-6-14-13(16)11(9)7-10/h3-8H,1-2H3,(H,14,16). The van der Waals surface area contributed by atoms with Gasteiger partial charge < -0.3 is 4.98 Å². The fourth-order valence-electron chi connectivity index (χ4n) is 1.67. The number of ketones is 1. The number of rotatable bonds is 2. The highest BCUT2D eigenvalue weighted by atomic mass is 16.1. The second-order valence-electron chi connectivity index (χ2n) is 4.13. The Bertz CT molecular complexity index is 596. The molecular formula is C13H13NO2. The van der Waals surface area contributed by atoms with Gasteiger partial charge in [0.2, 0.25) is 0 Å². The van der Waals surface area contributed by atoms with Crippen molar-refractivity contribution in [3.8, 4) is 0 Å². The summed E-state index contributed by atoms with van der Waals surface area (Å²) in [5, 5.41) is 1.41. The minimum atomic E-state index is -0.157. The maximum Gasteiger partial charge on any atom is 0.255 e. The van der Waals surface area contributed by atoms with Gasteiger partial charge in [0.25, 0.3) is 5.56 Å². The molecule has 0 unspecified atom stereocenters. The number of carbonyl (C=O) groups is 1. The van der Waals surface area contributed by atoms with E-state index in [1.165, 1.54) is 0 Å². The van der Waals surface area contributed by atoms with Crippen LogP contribution in [0.4, 0.5) is 0 Å². The molecule has 1 aromatic heterocycles. The molecule has 0 spiro atoms. The largest absolute Gasteiger partial charge is 0.329 e. The van der Waals surface area contributed by atoms with Crippen molar-refractivity contribution in [2.24, 2.45) is 5.92 Å². The van der Waals surface area contributed by atoms with Gasteiger partial charge in [-0.2, -0.15) is 0 Å². The molecule has 3 nitrogen and oxygen atoms in total. The number of H-pyrrole nitrogens is 1. The van der Waals surface area contributed by atoms with Crippen LogP contribution >= 0.6 is 0 Å². The maximum absolute atomic E-state index is 11.8. The smallest absolute Gasteiger partial charge is 0.255 e. The van der Waals surface area contributed by atoms with E-state index in [0.29, 0.717) is 10.9 Å². The molecule has 3 heteroatoms. The Morgan fingerprint density at radius 3 is 2.69 bits per heavy atom. The van der Waals surface area contributed by atoms with Crippen LogP contribution in [0.2, 0.25) is 0 Å². The van der Waals surface area contributed by atoms with E-state index in [2.05, 4.69) is 4.98 Å². The molecule has 1 heterocycles. The molecule has 0 aliphatic heterocycles. The molecule has 0 amide bonds. The van der Waals surface area contributed by atoms with Crippen molar-refractivity contribution >= 4 is 16.6 Å². The molecule has 0 saturated heterocycles. The minimum Gasteiger partial charge on any atom is -0.329 e. The molecule has 2 rings (SSSR count). The van der Waals surface area contributed by atoms with E-state index < -0.39 is 0 Å². The molecule has 0 bridgehead atoms. The van der Waals surface area contributed by atoms with E-state index in [4.69, 9.17) is 0 Å². The van der Waals surface area contributed by atoms with Crippen LogP contribution in [-0.4, -0.2) is 10.8 Å². The van der Waals surface area contributed by atoms with Crippen LogP contribution in [0.5, 0.6) is 0 Å². The molecule has 16 heavy (non-hydrogen) atoms. The van der Waals surface area contributed by atoms with Gasteiger partial charge in [0.15, 0.2) is 5.78 Å². The summed E-state index contributed by atoms with van der Waals surface area (Å²) in [6, 6.07) is 7.06. The van der Waals surface area contributed by atoms with E-state index >= 15 is 0 Å². The topological polar surface area (TPSA) is 49.9 Å². The number of nitrogens with one attached hydrogen (secondary N) is 1. The average molecular weight is 215 g/mol. The van der Waals surface area contributed by atoms with Gasteiger partial charge in [-0.3, -0.25) is 9.59 Å². The summed E-state index contributed by atoms with van der Waals surface area (Å²) in [4.78, 5) is 25.9. The van der Waals surface area contributed by atoms with Crippen LogP contribution in [0.1, 0.15) is 24.2 Å². The van der Waals surface area contributed by atoms with Crippen molar-refractivity contribution in [3.05, 3.63) is 46.4 Å². The van der Waals surface area contributed by atoms with Gasteiger partial charge in [0, 0.05) is 23.1 Å². The fourth-order valence-corrected chi connectivity index (χ4v) is 1.67. The zero-order valence-electron chi connectivity index (χ0n) is 9.28. The van der Waals surface area contributed by atoms with Crippen molar-refractivity contribution in [3.63, 3.8) is 0 Å². The number of benzene rings is 1. The van der Waals surface area contributed by atoms with Crippen LogP contribution in [0, 0.1) is 5.92 Å². The molecule has 0 aliphatic rings. The minimum absolute atomic E-state index is 0.0553. The number of hydrogen-bond donors (Lipinski definition) is 1. The summed E-state index contributed by atoms with van der Waals surface area (Å²) in [5.41, 5.74) is 0.440. The second kappa shape index (κ2) is 3.93. The van der Waals surface area contributed by atoms with E-state index in [1.807, 2.05) is 19.9 Å². The number of aromatic amines is 1. The molecule has 0 fully saturated rings. The molecule has 2 aromatic rings. The highest BCUT2D eigenvalue weighted by Gasteiger charge is 2.11. The van der Waals surface area contributed by atoms with Gasteiger partial charge in [0.05, 0.1) is 0 Å². The first-order valence-corrected chi connectivity index (χ1v) is 5.25. The second-order valence-corrected chi connectivity index (χ2v) is 4.13. The third kappa shape index (κ3) is 1.76. The first-order chi connectivity index (χ1) is 7.59. The number of carbonyl (C=O) groups excluding carboxylic acids is 1. The van der Waals surface area contributed by atoms with Crippen molar-refractivity contribution in [2.45, 2.75) is 13.8 Å². The SMILES string of the molecule is CC(C)C(=O)c1ccc2cc[nH]c(=O)c2c1. The number of aromatic nitrogens is 1. The predicted molar refractivity (Wildman–Crippen MR) is 63.7 cm³/mol. The summed E-state index contributed by atoms with van der Waals surface area (Å²) >= 11 is 0. The van der Waals surface area contributed by atoms with Gasteiger partial charge in [-0.25, -0.2) is 0 Å². The molecule has 0 atom stereocenters. The number of pyridine rings is 1. The van der Waals surface area contributed by atoms with Crippen molar-refractivity contribution in [1.29, 1.82) is 0 Å². The first kappa shape index (κ1) is 10.6. The molecule has 0 radical (unpaired) electrons. The van der Waals surface area contributed by atoms with E-state index in [-0.39, 0.29) is 17.3 Å². The van der Waals surface area contributed by atoms with Crippen LogP contribution < -0.4 is 5.56 Å². The summed E-state index contributed by atoms with van der Waals surface area (Å²) < 4.78 is 0. The highest BCUT2D eigenvalue weighted by molar-refractivity contribution is 6.00. The Morgan fingerprint density at radius 2 is 2.00 bits per heavy atom. The summed E-state index contributed by atoms with van der Waals surface area (Å²) in [6.45, 7) is 3.70. The van der Waals surface area contributed by atoms with Gasteiger partial charge in [-0.1, -0.05) is 26.0 Å². The maximum atomic E-state index is 11.8. The van der Waals surface area contributed by atoms with E-state index in [9.17, 15) is 9.59 Å². The Hall–Kier alpha value is -1.90. The monoisotopic (exact) mass is 215 g/mol. The molecule has 0 aliphatic carbocycles. The number of Topliss-reactive ketones (excluding diaryl/α,β-unsaturated/α-hetero) is 1. The van der Waals surface area contributed by atoms with Crippen molar-refractivity contribution in [2.75, 3.05) is 0 Å². The molecule has 82 valence electrons. The zero-order chi connectivity index (χ0) is 11.7. The summed E-state index contributed by atoms with van der Waals surface area (Å²) in [7, 11) is 0. The first-order valence-electron chi connectivity index (χ1n) is 5.25. The number of hydrogen-bond acceptors (Lipinski definition) is 2. The van der Waals surface area contributed by atoms with Crippen molar-refractivity contribution in [1.82, 2.24) is 4.98 Å². The van der Waals surface area contributed by atoms with Gasteiger partial charge >= 0.3 is 0 Å². The highest BCUT2D eigenvalue weighted by Crippen LogP contribution is 2.14. The lowest BCUT2D eigenvalue weighted by molar-refractivity contribution is 0.0939. The van der Waals surface area contributed by atoms with Gasteiger partial charge in [0.1, 0.15) is 0 Å². The van der Waals surface area contributed by atoms with Crippen LogP contribution in [0.25, 0.3) is 10.8 Å². The van der Waals surface area contributed by atoms with Crippen LogP contribution in [0.3, 0.4) is 0 Å². The zero-order valence-corrected chi connectivity index (χ0v) is 9.28. The molecule has 0 saturated carbocycles. The Morgan fingerprint density at radius 1 is 1.25 bits per heavy atom. The normalized spacial score (nSPS) is 10.9. The third-order valence-electron chi connectivity index (χ3n) is 2.58. The Kier molecular flexibility index (Phi) is 2.60. The van der Waals surface area contributed by atoms with Crippen molar-refractivity contribution < 1.29 is 4.79 Å². The molecule has 1 aromatic carbocycles. The average Bonchev–Trinajstić information content (AvgIpc) is 2.28. The summed E-state index contributed by atoms with van der Waals surface area (Å²) in [6.07, 6.45) is 1.61. The van der Waals surface area contributed by atoms with Crippen LogP contribution in [0.15, 0.2) is 35.3 Å². The quantitative estimate of drug-likeness (QED) is 0.782. The fraction of sp³-hybridized carbons (Fsp3) is 0.231.